The molecule has 17 heavy (non-hydrogen) atoms. The molecule has 0 aliphatic heterocycles. The summed E-state index contributed by atoms with van der Waals surface area (Å²) >= 11 is 9.73. The van der Waals surface area contributed by atoms with E-state index in [0.29, 0.717) is 5.92 Å². The number of rotatable bonds is 2. The van der Waals surface area contributed by atoms with Crippen molar-refractivity contribution in [3.05, 3.63) is 43.2 Å². The van der Waals surface area contributed by atoms with Gasteiger partial charge in [0, 0.05) is 21.7 Å². The van der Waals surface area contributed by atoms with Gasteiger partial charge in [0.2, 0.25) is 0 Å². The second-order valence-electron chi connectivity index (χ2n) is 4.46. The lowest BCUT2D eigenvalue weighted by atomic mass is 9.82. The van der Waals surface area contributed by atoms with Crippen LogP contribution in [0.1, 0.15) is 40.1 Å². The molecule has 0 bridgehead atoms. The van der Waals surface area contributed by atoms with Gasteiger partial charge in [0.15, 0.2) is 0 Å². The highest BCUT2D eigenvalue weighted by Crippen LogP contribution is 2.43. The average molecular weight is 284 g/mol. The molecule has 1 nitrogen and oxygen atoms in total. The summed E-state index contributed by atoms with van der Waals surface area (Å²) < 4.78 is 0. The third kappa shape index (κ3) is 2.06. The number of fused-ring (bicyclic) bond motifs is 1. The fourth-order valence-electron chi connectivity index (χ4n) is 2.62. The first kappa shape index (κ1) is 11.7. The van der Waals surface area contributed by atoms with E-state index in [-0.39, 0.29) is 6.04 Å². The topological polar surface area (TPSA) is 26.0 Å². The maximum absolute atomic E-state index is 6.42. The summed E-state index contributed by atoms with van der Waals surface area (Å²) in [7, 11) is 0. The highest BCUT2D eigenvalue weighted by atomic mass is 35.5. The van der Waals surface area contributed by atoms with Crippen LogP contribution in [0.3, 0.4) is 0 Å². The van der Waals surface area contributed by atoms with Gasteiger partial charge in [-0.25, -0.2) is 0 Å². The van der Waals surface area contributed by atoms with E-state index in [1.54, 1.807) is 11.3 Å². The molecule has 1 aliphatic rings. The Kier molecular flexibility index (Phi) is 3.26. The number of nitrogens with two attached hydrogens (primary N) is 1. The minimum Gasteiger partial charge on any atom is -0.323 e. The molecule has 0 aromatic carbocycles. The summed E-state index contributed by atoms with van der Waals surface area (Å²) in [5, 5.41) is 5.03. The molecule has 0 radical (unpaired) electrons. The van der Waals surface area contributed by atoms with Crippen molar-refractivity contribution in [1.29, 1.82) is 0 Å². The van der Waals surface area contributed by atoms with Crippen LogP contribution in [0.15, 0.2) is 22.9 Å². The minimum atomic E-state index is 0.0520. The van der Waals surface area contributed by atoms with Gasteiger partial charge in [-0.3, -0.25) is 0 Å². The van der Waals surface area contributed by atoms with E-state index < -0.39 is 0 Å². The van der Waals surface area contributed by atoms with Gasteiger partial charge < -0.3 is 5.73 Å². The van der Waals surface area contributed by atoms with Crippen LogP contribution in [0.2, 0.25) is 5.02 Å². The first-order valence-electron chi connectivity index (χ1n) is 5.82. The van der Waals surface area contributed by atoms with Crippen molar-refractivity contribution >= 4 is 34.3 Å². The summed E-state index contributed by atoms with van der Waals surface area (Å²) in [4.78, 5) is 2.65. The molecular formula is C13H14ClNS2. The number of halogens is 1. The fraction of sp³-hybridized carbons (Fsp3) is 0.385. The molecule has 2 N–H and O–H groups in total. The van der Waals surface area contributed by atoms with Crippen molar-refractivity contribution in [3.8, 4) is 0 Å². The number of hydrogen-bond acceptors (Lipinski definition) is 3. The standard InChI is InChI=1S/C13H14ClNS2/c14-10-5-7-17-13(10)12(15)9-2-1-3-11-8(9)4-6-16-11/h4-7,9,12H,1-3,15H2. The normalized spacial score (nSPS) is 21.2. The highest BCUT2D eigenvalue weighted by molar-refractivity contribution is 7.10. The smallest absolute Gasteiger partial charge is 0.0561 e. The summed E-state index contributed by atoms with van der Waals surface area (Å²) in [5.74, 6) is 0.446. The molecule has 2 aromatic rings. The lowest BCUT2D eigenvalue weighted by Crippen LogP contribution is -2.22. The summed E-state index contributed by atoms with van der Waals surface area (Å²) in [5.41, 5.74) is 7.88. The Morgan fingerprint density at radius 2 is 2.12 bits per heavy atom. The molecule has 2 heterocycles. The van der Waals surface area contributed by atoms with E-state index >= 15 is 0 Å². The van der Waals surface area contributed by atoms with Crippen LogP contribution >= 0.6 is 34.3 Å². The second-order valence-corrected chi connectivity index (χ2v) is 6.81. The van der Waals surface area contributed by atoms with E-state index in [2.05, 4.69) is 11.4 Å². The predicted molar refractivity (Wildman–Crippen MR) is 76.3 cm³/mol. The van der Waals surface area contributed by atoms with Gasteiger partial charge in [0.05, 0.1) is 5.02 Å². The predicted octanol–water partition coefficient (Wildman–Crippen LogP) is 4.58. The monoisotopic (exact) mass is 283 g/mol. The molecule has 2 aromatic heterocycles. The Hall–Kier alpha value is -0.350. The Bertz CT molecular complexity index is 517. The molecule has 2 atom stereocenters. The van der Waals surface area contributed by atoms with E-state index in [4.69, 9.17) is 17.3 Å². The van der Waals surface area contributed by atoms with Crippen molar-refractivity contribution < 1.29 is 0 Å². The lowest BCUT2D eigenvalue weighted by Gasteiger charge is -2.27. The highest BCUT2D eigenvalue weighted by Gasteiger charge is 2.29. The first-order chi connectivity index (χ1) is 8.27. The molecule has 0 saturated heterocycles. The number of hydrogen-bond donors (Lipinski definition) is 1. The molecule has 4 heteroatoms. The molecule has 0 spiro atoms. The van der Waals surface area contributed by atoms with Crippen molar-refractivity contribution in [2.24, 2.45) is 5.73 Å². The molecule has 90 valence electrons. The minimum absolute atomic E-state index is 0.0520. The maximum atomic E-state index is 6.42. The maximum Gasteiger partial charge on any atom is 0.0561 e. The van der Waals surface area contributed by atoms with Gasteiger partial charge in [-0.15, -0.1) is 22.7 Å². The Morgan fingerprint density at radius 1 is 1.29 bits per heavy atom. The number of thiophene rings is 2. The Labute approximate surface area is 114 Å². The average Bonchev–Trinajstić information content (AvgIpc) is 2.95. The first-order valence-corrected chi connectivity index (χ1v) is 7.96. The lowest BCUT2D eigenvalue weighted by molar-refractivity contribution is 0.484. The molecule has 3 rings (SSSR count). The van der Waals surface area contributed by atoms with Crippen LogP contribution in [-0.2, 0) is 6.42 Å². The van der Waals surface area contributed by atoms with Crippen LogP contribution in [0.5, 0.6) is 0 Å². The van der Waals surface area contributed by atoms with E-state index in [1.165, 1.54) is 29.7 Å². The van der Waals surface area contributed by atoms with E-state index in [0.717, 1.165) is 9.90 Å². The van der Waals surface area contributed by atoms with Crippen molar-refractivity contribution in [1.82, 2.24) is 0 Å². The summed E-state index contributed by atoms with van der Waals surface area (Å²) in [6, 6.07) is 4.24. The Morgan fingerprint density at radius 3 is 2.88 bits per heavy atom. The van der Waals surface area contributed by atoms with Crippen LogP contribution in [0.25, 0.3) is 0 Å². The van der Waals surface area contributed by atoms with Crippen LogP contribution in [-0.4, -0.2) is 0 Å². The van der Waals surface area contributed by atoms with Crippen LogP contribution in [0, 0.1) is 0 Å². The molecular weight excluding hydrogens is 270 g/mol. The molecule has 0 amide bonds. The fourth-order valence-corrected chi connectivity index (χ4v) is 4.87. The molecule has 2 unspecified atom stereocenters. The van der Waals surface area contributed by atoms with E-state index in [1.807, 2.05) is 22.8 Å². The number of aryl methyl sites for hydroxylation is 1. The zero-order chi connectivity index (χ0) is 11.8. The van der Waals surface area contributed by atoms with Gasteiger partial charge in [-0.1, -0.05) is 11.6 Å². The third-order valence-electron chi connectivity index (χ3n) is 3.48. The van der Waals surface area contributed by atoms with Crippen molar-refractivity contribution in [3.63, 3.8) is 0 Å². The zero-order valence-corrected chi connectivity index (χ0v) is 11.7. The Balaban J connectivity index is 1.94. The van der Waals surface area contributed by atoms with Crippen molar-refractivity contribution in [2.75, 3.05) is 0 Å². The largest absolute Gasteiger partial charge is 0.323 e. The zero-order valence-electron chi connectivity index (χ0n) is 9.36. The van der Waals surface area contributed by atoms with Gasteiger partial charge in [0.25, 0.3) is 0 Å². The SMILES string of the molecule is NC(c1sccc1Cl)C1CCCc2sccc21. The quantitative estimate of drug-likeness (QED) is 0.857. The summed E-state index contributed by atoms with van der Waals surface area (Å²) in [6.07, 6.45) is 3.64. The van der Waals surface area contributed by atoms with Gasteiger partial charge in [0.1, 0.15) is 0 Å². The second kappa shape index (κ2) is 4.73. The van der Waals surface area contributed by atoms with Gasteiger partial charge in [-0.2, -0.15) is 0 Å². The van der Waals surface area contributed by atoms with Crippen LogP contribution < -0.4 is 5.73 Å². The molecule has 1 aliphatic carbocycles. The van der Waals surface area contributed by atoms with Crippen LogP contribution in [0.4, 0.5) is 0 Å². The van der Waals surface area contributed by atoms with E-state index in [9.17, 15) is 0 Å². The van der Waals surface area contributed by atoms with Gasteiger partial charge >= 0.3 is 0 Å². The van der Waals surface area contributed by atoms with Crippen molar-refractivity contribution in [2.45, 2.75) is 31.2 Å². The molecule has 0 saturated carbocycles. The summed E-state index contributed by atoms with van der Waals surface area (Å²) in [6.45, 7) is 0. The molecule has 0 fully saturated rings. The third-order valence-corrected chi connectivity index (χ3v) is 5.94. The van der Waals surface area contributed by atoms with Gasteiger partial charge in [-0.05, 0) is 47.7 Å².